The molecule has 0 bridgehead atoms. The van der Waals surface area contributed by atoms with E-state index in [-0.39, 0.29) is 80.3 Å². The topological polar surface area (TPSA) is 182 Å². The van der Waals surface area contributed by atoms with Crippen molar-refractivity contribution in [3.8, 4) is 11.5 Å². The molecule has 0 atom stereocenters. The Kier molecular flexibility index (Phi) is 16.0. The van der Waals surface area contributed by atoms with E-state index in [1.165, 1.54) is 24.3 Å². The van der Waals surface area contributed by atoms with Gasteiger partial charge in [0.05, 0.1) is 45.8 Å². The zero-order valence-corrected chi connectivity index (χ0v) is 31.9. The van der Waals surface area contributed by atoms with Crippen molar-refractivity contribution < 1.29 is 94.5 Å². The smallest absolute Gasteiger partial charge is 0.744 e. The van der Waals surface area contributed by atoms with E-state index in [0.717, 1.165) is 18.6 Å². The summed E-state index contributed by atoms with van der Waals surface area (Å²) in [6.45, 7) is 4.91. The Bertz CT molecular complexity index is 1890. The quantitative estimate of drug-likeness (QED) is 0.114. The van der Waals surface area contributed by atoms with E-state index in [2.05, 4.69) is 20.5 Å². The molecule has 0 aliphatic heterocycles. The van der Waals surface area contributed by atoms with E-state index in [1.807, 2.05) is 13.8 Å². The van der Waals surface area contributed by atoms with Crippen LogP contribution in [0.15, 0.2) is 125 Å². The molecule has 4 aromatic carbocycles. The number of azo groups is 2. The van der Waals surface area contributed by atoms with Crippen molar-refractivity contribution >= 4 is 54.7 Å². The fraction of sp³-hybridized carbons (Fsp3) is 0.172. The molecule has 4 rings (SSSR count). The van der Waals surface area contributed by atoms with Crippen LogP contribution in [0.5, 0.6) is 11.5 Å². The summed E-state index contributed by atoms with van der Waals surface area (Å²) in [6, 6.07) is 20.9. The molecule has 0 aliphatic rings. The zero-order chi connectivity index (χ0) is 31.7. The molecule has 0 saturated carbocycles. The normalized spacial score (nSPS) is 11.7. The van der Waals surface area contributed by atoms with E-state index in [0.29, 0.717) is 47.8 Å². The molecule has 0 aromatic heterocycles. The molecule has 12 nitrogen and oxygen atoms in total. The maximum absolute atomic E-state index is 12.1. The van der Waals surface area contributed by atoms with E-state index in [1.54, 1.807) is 48.5 Å². The van der Waals surface area contributed by atoms with E-state index in [9.17, 15) is 25.9 Å². The minimum Gasteiger partial charge on any atom is -0.744 e. The van der Waals surface area contributed by atoms with Crippen molar-refractivity contribution in [1.29, 1.82) is 0 Å². The molecule has 46 heavy (non-hydrogen) atoms. The number of hydrogen-bond donors (Lipinski definition) is 0. The second-order valence-electron chi connectivity index (χ2n) is 8.94. The summed E-state index contributed by atoms with van der Waals surface area (Å²) in [4.78, 5) is -1.53. The molecule has 0 aliphatic carbocycles. The Morgan fingerprint density at radius 3 is 1.33 bits per heavy atom. The summed E-state index contributed by atoms with van der Waals surface area (Å²) in [5.74, 6) is 1.31. The minimum absolute atomic E-state index is 0. The summed E-state index contributed by atoms with van der Waals surface area (Å²) < 4.78 is 83.7. The number of nitrogens with zero attached hydrogens (tertiary/aromatic N) is 4. The van der Waals surface area contributed by atoms with Crippen molar-refractivity contribution in [3.05, 3.63) is 84.9 Å². The third-order valence-electron chi connectivity index (χ3n) is 5.63. The molecule has 0 amide bonds. The van der Waals surface area contributed by atoms with Crippen molar-refractivity contribution in [3.63, 3.8) is 0 Å². The van der Waals surface area contributed by atoms with Gasteiger partial charge in [0.15, 0.2) is 0 Å². The van der Waals surface area contributed by atoms with Gasteiger partial charge in [-0.05, 0) is 98.3 Å². The second kappa shape index (κ2) is 18.4. The Labute approximate surface area is 316 Å². The fourth-order valence-electron chi connectivity index (χ4n) is 3.63. The van der Waals surface area contributed by atoms with Gasteiger partial charge < -0.3 is 18.6 Å². The Morgan fingerprint density at radius 1 is 0.587 bits per heavy atom. The fourth-order valence-corrected chi connectivity index (χ4v) is 6.48. The van der Waals surface area contributed by atoms with Gasteiger partial charge in [0, 0.05) is 9.79 Å². The summed E-state index contributed by atoms with van der Waals surface area (Å²) >= 11 is 0.624. The monoisotopic (exact) mass is 700 g/mol. The first kappa shape index (κ1) is 40.0. The standard InChI is InChI=1S/C29H28N4O8S3.2Na/c1-3-17-41-25-13-7-21(8-14-25)31-33-23-10-16-27(29(19-23)44(37,38)39)42-26-15-9-22(18-28(26)43(34,35)36)32-30-20-5-11-24(12-6-20)40-4-2;;/h5-16,18-19H,3-4,17H2,1-2H3,(H,34,35,36)(H,37,38,39);;/q;2*+1/p-2. The molecule has 0 saturated heterocycles. The van der Waals surface area contributed by atoms with Crippen LogP contribution >= 0.6 is 11.8 Å². The van der Waals surface area contributed by atoms with Gasteiger partial charge >= 0.3 is 59.1 Å². The van der Waals surface area contributed by atoms with Crippen LogP contribution in [0.25, 0.3) is 0 Å². The Hall–Kier alpha value is -2.15. The van der Waals surface area contributed by atoms with E-state index < -0.39 is 30.0 Å². The second-order valence-corrected chi connectivity index (χ2v) is 12.7. The molecule has 0 spiro atoms. The van der Waals surface area contributed by atoms with E-state index >= 15 is 0 Å². The average molecular weight is 701 g/mol. The van der Waals surface area contributed by atoms with Crippen LogP contribution in [0.2, 0.25) is 0 Å². The van der Waals surface area contributed by atoms with Gasteiger partial charge in [-0.25, -0.2) is 16.8 Å². The maximum atomic E-state index is 12.1. The third kappa shape index (κ3) is 11.8. The van der Waals surface area contributed by atoms with Gasteiger partial charge in [-0.2, -0.15) is 20.5 Å². The predicted octanol–water partition coefficient (Wildman–Crippen LogP) is 1.67. The van der Waals surface area contributed by atoms with Crippen LogP contribution in [0, 0.1) is 0 Å². The SMILES string of the molecule is CCCOc1ccc(N=Nc2ccc(Sc3ccc(N=Nc4ccc(OCC)cc4)cc3S(=O)(=O)[O-])c(S(=O)(=O)[O-])c2)cc1.[Na+].[Na+]. The summed E-state index contributed by atoms with van der Waals surface area (Å²) in [5.41, 5.74) is 1.05. The first-order valence-corrected chi connectivity index (χ1v) is 16.8. The van der Waals surface area contributed by atoms with Crippen molar-refractivity contribution in [1.82, 2.24) is 0 Å². The van der Waals surface area contributed by atoms with Gasteiger partial charge in [-0.15, -0.1) is 0 Å². The largest absolute Gasteiger partial charge is 1.00 e. The van der Waals surface area contributed by atoms with Gasteiger partial charge in [0.25, 0.3) is 0 Å². The van der Waals surface area contributed by atoms with Crippen molar-refractivity contribution in [2.75, 3.05) is 13.2 Å². The van der Waals surface area contributed by atoms with Gasteiger partial charge in [0.2, 0.25) is 0 Å². The van der Waals surface area contributed by atoms with Crippen LogP contribution in [-0.2, 0) is 20.2 Å². The molecule has 0 fully saturated rings. The number of hydrogen-bond acceptors (Lipinski definition) is 13. The maximum Gasteiger partial charge on any atom is 1.00 e. The first-order valence-electron chi connectivity index (χ1n) is 13.1. The number of rotatable bonds is 13. The van der Waals surface area contributed by atoms with E-state index in [4.69, 9.17) is 9.47 Å². The Balaban J connectivity index is 0.00000368. The number of benzene rings is 4. The van der Waals surface area contributed by atoms with Crippen molar-refractivity contribution in [2.24, 2.45) is 20.5 Å². The molecule has 230 valence electrons. The molecular weight excluding hydrogens is 675 g/mol. The van der Waals surface area contributed by atoms with Crippen LogP contribution < -0.4 is 68.6 Å². The molecule has 17 heteroatoms. The van der Waals surface area contributed by atoms with Gasteiger partial charge in [-0.3, -0.25) is 0 Å². The van der Waals surface area contributed by atoms with Gasteiger partial charge in [0.1, 0.15) is 31.7 Å². The number of ether oxygens (including phenoxy) is 2. The van der Waals surface area contributed by atoms with Crippen LogP contribution in [-0.4, -0.2) is 39.2 Å². The van der Waals surface area contributed by atoms with Crippen molar-refractivity contribution in [2.45, 2.75) is 39.9 Å². The summed E-state index contributed by atoms with van der Waals surface area (Å²) in [5, 5.41) is 16.1. The molecule has 0 N–H and O–H groups in total. The van der Waals surface area contributed by atoms with Crippen LogP contribution in [0.4, 0.5) is 22.7 Å². The summed E-state index contributed by atoms with van der Waals surface area (Å²) in [7, 11) is -10.1. The summed E-state index contributed by atoms with van der Waals surface area (Å²) in [6.07, 6.45) is 0.859. The third-order valence-corrected chi connectivity index (χ3v) is 8.80. The molecule has 0 unspecified atom stereocenters. The predicted molar refractivity (Wildman–Crippen MR) is 161 cm³/mol. The van der Waals surface area contributed by atoms with Crippen LogP contribution in [0.1, 0.15) is 20.3 Å². The average Bonchev–Trinajstić information content (AvgIpc) is 2.99. The first-order chi connectivity index (χ1) is 21.0. The van der Waals surface area contributed by atoms with Crippen LogP contribution in [0.3, 0.4) is 0 Å². The molecular formula is C29H26N4Na2O8S3. The molecule has 0 heterocycles. The van der Waals surface area contributed by atoms with Gasteiger partial charge in [-0.1, -0.05) is 18.7 Å². The minimum atomic E-state index is -5.04. The Morgan fingerprint density at radius 2 is 0.957 bits per heavy atom. The zero-order valence-electron chi connectivity index (χ0n) is 25.5. The molecule has 4 aromatic rings. The molecule has 0 radical (unpaired) electrons.